The van der Waals surface area contributed by atoms with E-state index in [-0.39, 0.29) is 40.8 Å². The minimum absolute atomic E-state index is 0.0216. The molecular weight excluding hydrogens is 270 g/mol. The summed E-state index contributed by atoms with van der Waals surface area (Å²) in [5.41, 5.74) is -1.26. The average Bonchev–Trinajstić information content (AvgIpc) is 2.46. The number of aliphatic hydroxyl groups is 1. The van der Waals surface area contributed by atoms with Crippen molar-refractivity contribution in [2.45, 2.75) is 33.1 Å². The number of aliphatic hydroxyl groups excluding tert-OH is 1. The Morgan fingerprint density at radius 2 is 2.14 bits per heavy atom. The maximum Gasteiger partial charge on any atom is 0.337 e. The lowest BCUT2D eigenvalue weighted by Gasteiger charge is -2.64. The lowest BCUT2D eigenvalue weighted by Crippen LogP contribution is -2.67. The summed E-state index contributed by atoms with van der Waals surface area (Å²) in [7, 11) is 1.25. The molecule has 0 aromatic heterocycles. The number of hydrogen-bond acceptors (Lipinski definition) is 5. The van der Waals surface area contributed by atoms with Crippen molar-refractivity contribution in [1.29, 1.82) is 5.26 Å². The molecule has 0 heterocycles. The van der Waals surface area contributed by atoms with Crippen LogP contribution in [-0.2, 0) is 14.3 Å². The van der Waals surface area contributed by atoms with Gasteiger partial charge in [-0.1, -0.05) is 13.8 Å². The van der Waals surface area contributed by atoms with Crippen molar-refractivity contribution >= 4 is 11.8 Å². The van der Waals surface area contributed by atoms with Gasteiger partial charge < -0.3 is 9.84 Å². The van der Waals surface area contributed by atoms with E-state index in [9.17, 15) is 20.0 Å². The number of hydrogen-bond donors (Lipinski definition) is 1. The van der Waals surface area contributed by atoms with Gasteiger partial charge in [0.1, 0.15) is 11.2 Å². The number of ketones is 1. The molecule has 5 heteroatoms. The topological polar surface area (TPSA) is 87.4 Å². The molecule has 4 rings (SSSR count). The predicted octanol–water partition coefficient (Wildman–Crippen LogP) is 2.14. The van der Waals surface area contributed by atoms with Crippen LogP contribution in [0.4, 0.5) is 0 Å². The molecule has 4 aliphatic rings. The zero-order valence-corrected chi connectivity index (χ0v) is 12.5. The van der Waals surface area contributed by atoms with E-state index in [1.807, 2.05) is 13.8 Å². The summed E-state index contributed by atoms with van der Waals surface area (Å²) in [4.78, 5) is 25.0. The molecule has 0 amide bonds. The highest BCUT2D eigenvalue weighted by atomic mass is 16.5. The summed E-state index contributed by atoms with van der Waals surface area (Å²) in [5.74, 6) is -1.31. The van der Waals surface area contributed by atoms with Gasteiger partial charge in [-0.05, 0) is 24.2 Å². The summed E-state index contributed by atoms with van der Waals surface area (Å²) in [6, 6.07) is 2.19. The number of Topliss-reactive ketones (excluding diaryl/α,β-unsaturated/α-hetero) is 1. The maximum absolute atomic E-state index is 12.9. The van der Waals surface area contributed by atoms with Crippen LogP contribution >= 0.6 is 0 Å². The molecule has 4 atom stereocenters. The van der Waals surface area contributed by atoms with E-state index in [2.05, 4.69) is 6.07 Å². The molecule has 2 bridgehead atoms. The van der Waals surface area contributed by atoms with E-state index in [1.54, 1.807) is 0 Å². The van der Waals surface area contributed by atoms with E-state index in [0.29, 0.717) is 12.8 Å². The van der Waals surface area contributed by atoms with Crippen LogP contribution in [0.3, 0.4) is 0 Å². The molecule has 0 aromatic rings. The van der Waals surface area contributed by atoms with Gasteiger partial charge in [-0.25, -0.2) is 4.79 Å². The van der Waals surface area contributed by atoms with Gasteiger partial charge >= 0.3 is 5.97 Å². The molecule has 3 saturated carbocycles. The Kier molecular flexibility index (Phi) is 2.75. The van der Waals surface area contributed by atoms with Crippen molar-refractivity contribution in [2.24, 2.45) is 28.6 Å². The van der Waals surface area contributed by atoms with E-state index in [0.717, 1.165) is 0 Å². The summed E-state index contributed by atoms with van der Waals surface area (Å²) in [6.07, 6.45) is 1.16. The quantitative estimate of drug-likeness (QED) is 0.747. The number of methoxy groups -OCH3 is 1. The summed E-state index contributed by atoms with van der Waals surface area (Å²) in [6.45, 7) is 4.01. The highest BCUT2D eigenvalue weighted by molar-refractivity contribution is 5.98. The third kappa shape index (κ3) is 1.45. The van der Waals surface area contributed by atoms with Crippen LogP contribution in [0.2, 0.25) is 0 Å². The average molecular weight is 289 g/mol. The first kappa shape index (κ1) is 14.1. The minimum Gasteiger partial charge on any atom is -0.512 e. The third-order valence-electron chi connectivity index (χ3n) is 6.02. The lowest BCUT2D eigenvalue weighted by atomic mass is 9.36. The van der Waals surface area contributed by atoms with E-state index in [1.165, 1.54) is 7.11 Å². The van der Waals surface area contributed by atoms with Crippen molar-refractivity contribution in [3.05, 3.63) is 11.3 Å². The fraction of sp³-hybridized carbons (Fsp3) is 0.688. The number of carbonyl (C=O) groups is 2. The first-order chi connectivity index (χ1) is 9.81. The van der Waals surface area contributed by atoms with E-state index < -0.39 is 17.3 Å². The largest absolute Gasteiger partial charge is 0.512 e. The number of esters is 1. The highest BCUT2D eigenvalue weighted by Crippen LogP contribution is 2.68. The predicted molar refractivity (Wildman–Crippen MR) is 72.8 cm³/mol. The second-order valence-electron chi connectivity index (χ2n) is 6.99. The van der Waals surface area contributed by atoms with E-state index >= 15 is 0 Å². The van der Waals surface area contributed by atoms with Crippen LogP contribution in [0.15, 0.2) is 11.3 Å². The molecule has 0 spiro atoms. The van der Waals surface area contributed by atoms with Crippen LogP contribution in [0.1, 0.15) is 33.1 Å². The fourth-order valence-corrected chi connectivity index (χ4v) is 4.67. The first-order valence-corrected chi connectivity index (χ1v) is 7.27. The van der Waals surface area contributed by atoms with Gasteiger partial charge in [-0.3, -0.25) is 4.79 Å². The van der Waals surface area contributed by atoms with Crippen LogP contribution in [0, 0.1) is 39.9 Å². The van der Waals surface area contributed by atoms with Crippen molar-refractivity contribution in [3.63, 3.8) is 0 Å². The molecule has 5 nitrogen and oxygen atoms in total. The van der Waals surface area contributed by atoms with Crippen molar-refractivity contribution in [2.75, 3.05) is 7.11 Å². The number of allylic oxidation sites excluding steroid dienone is 1. The SMILES string of the molecule is COC(=O)C1=C(O)CC[C@]2(C#N)C(=O)[C@@H]3C[C@H]([C@H]12)C3(C)C. The number of rotatable bonds is 1. The number of nitriles is 1. The van der Waals surface area contributed by atoms with Crippen molar-refractivity contribution in [1.82, 2.24) is 0 Å². The Labute approximate surface area is 123 Å². The van der Waals surface area contributed by atoms with Crippen LogP contribution in [-0.4, -0.2) is 24.0 Å². The molecule has 1 N–H and O–H groups in total. The Balaban J connectivity index is 2.19. The lowest BCUT2D eigenvalue weighted by molar-refractivity contribution is -0.179. The normalized spacial score (nSPS) is 39.9. The summed E-state index contributed by atoms with van der Waals surface area (Å²) >= 11 is 0. The second kappa shape index (κ2) is 4.09. The number of ether oxygens (including phenoxy) is 1. The number of nitrogens with zero attached hydrogens (tertiary/aromatic N) is 1. The molecule has 4 aliphatic carbocycles. The maximum atomic E-state index is 12.9. The molecule has 0 aliphatic heterocycles. The van der Waals surface area contributed by atoms with Gasteiger partial charge in [0.25, 0.3) is 0 Å². The standard InChI is InChI=1S/C16H19NO4/c1-15(2)8-6-9(15)13(19)16(7-17)5-4-10(18)11(12(8)16)14(20)21-3/h8-9,12,18H,4-6H2,1-3H3/t8-,9+,12-,16-/m1/s1. The van der Waals surface area contributed by atoms with Crippen molar-refractivity contribution < 1.29 is 19.4 Å². The zero-order valence-electron chi connectivity index (χ0n) is 12.5. The van der Waals surface area contributed by atoms with Gasteiger partial charge in [0, 0.05) is 18.3 Å². The summed E-state index contributed by atoms with van der Waals surface area (Å²) in [5, 5.41) is 19.9. The third-order valence-corrected chi connectivity index (χ3v) is 6.02. The highest BCUT2D eigenvalue weighted by Gasteiger charge is 2.71. The summed E-state index contributed by atoms with van der Waals surface area (Å²) < 4.78 is 4.79. The Bertz CT molecular complexity index is 612. The molecular formula is C16H19NO4. The van der Waals surface area contributed by atoms with Crippen LogP contribution < -0.4 is 0 Å². The smallest absolute Gasteiger partial charge is 0.337 e. The van der Waals surface area contributed by atoms with Gasteiger partial charge in [-0.2, -0.15) is 5.26 Å². The molecule has 3 fully saturated rings. The zero-order chi connectivity index (χ0) is 15.6. The van der Waals surface area contributed by atoms with Gasteiger partial charge in [0.15, 0.2) is 5.78 Å². The van der Waals surface area contributed by atoms with Gasteiger partial charge in [0.2, 0.25) is 0 Å². The van der Waals surface area contributed by atoms with E-state index in [4.69, 9.17) is 4.74 Å². The Morgan fingerprint density at radius 3 is 2.67 bits per heavy atom. The molecule has 0 unspecified atom stereocenters. The van der Waals surface area contributed by atoms with Gasteiger partial charge in [0.05, 0.1) is 18.8 Å². The molecule has 21 heavy (non-hydrogen) atoms. The Hall–Kier alpha value is -1.83. The minimum atomic E-state index is -1.17. The van der Waals surface area contributed by atoms with Crippen LogP contribution in [0.25, 0.3) is 0 Å². The number of carbonyl (C=O) groups excluding carboxylic acids is 2. The second-order valence-corrected chi connectivity index (χ2v) is 6.99. The molecule has 0 aromatic carbocycles. The monoisotopic (exact) mass is 289 g/mol. The molecule has 0 radical (unpaired) electrons. The Morgan fingerprint density at radius 1 is 1.48 bits per heavy atom. The van der Waals surface area contributed by atoms with Crippen LogP contribution in [0.5, 0.6) is 0 Å². The fourth-order valence-electron chi connectivity index (χ4n) is 4.67. The molecule has 0 saturated heterocycles. The van der Waals surface area contributed by atoms with Crippen molar-refractivity contribution in [3.8, 4) is 6.07 Å². The molecule has 112 valence electrons. The first-order valence-electron chi connectivity index (χ1n) is 7.27. The van der Waals surface area contributed by atoms with Gasteiger partial charge in [-0.15, -0.1) is 0 Å².